The maximum atomic E-state index is 12.0. The lowest BCUT2D eigenvalue weighted by Crippen LogP contribution is -2.16. The number of hydrogen-bond acceptors (Lipinski definition) is 6. The summed E-state index contributed by atoms with van der Waals surface area (Å²) < 4.78 is 10.9. The molecule has 1 aromatic heterocycles. The van der Waals surface area contributed by atoms with Gasteiger partial charge in [0.15, 0.2) is 11.5 Å². The Labute approximate surface area is 140 Å². The van der Waals surface area contributed by atoms with Crippen LogP contribution in [0.2, 0.25) is 0 Å². The summed E-state index contributed by atoms with van der Waals surface area (Å²) in [6, 6.07) is 6.92. The smallest absolute Gasteiger partial charge is 0.268 e. The van der Waals surface area contributed by atoms with Gasteiger partial charge >= 0.3 is 0 Å². The molecule has 0 aliphatic heterocycles. The van der Waals surface area contributed by atoms with Gasteiger partial charge in [-0.3, -0.25) is 4.79 Å². The maximum Gasteiger partial charge on any atom is 0.268 e. The zero-order chi connectivity index (χ0) is 17.1. The highest BCUT2D eigenvalue weighted by molar-refractivity contribution is 9.10. The van der Waals surface area contributed by atoms with E-state index in [0.717, 1.165) is 0 Å². The standard InChI is InChI=1S/C15H11BrN4O3/c1-22-11-3-7(10(16)4-12(11)23-2)13-8(5-17)14(19)20-15(21)9(13)6-18/h3-4H,1-2H3,(H3,19,20,21). The third kappa shape index (κ3) is 2.72. The van der Waals surface area contributed by atoms with Crippen LogP contribution in [0.5, 0.6) is 11.5 Å². The molecule has 0 radical (unpaired) electrons. The van der Waals surface area contributed by atoms with Crippen molar-refractivity contribution < 1.29 is 9.47 Å². The number of ether oxygens (including phenoxy) is 2. The number of pyridine rings is 1. The van der Waals surface area contributed by atoms with Crippen LogP contribution in [0.25, 0.3) is 11.1 Å². The highest BCUT2D eigenvalue weighted by atomic mass is 79.9. The second-order valence-electron chi connectivity index (χ2n) is 4.40. The first kappa shape index (κ1) is 16.4. The first-order chi connectivity index (χ1) is 11.0. The average Bonchev–Trinajstić information content (AvgIpc) is 2.54. The third-order valence-corrected chi connectivity index (χ3v) is 3.87. The largest absolute Gasteiger partial charge is 0.493 e. The predicted octanol–water partition coefficient (Wildman–Crippen LogP) is 2.15. The van der Waals surface area contributed by atoms with Gasteiger partial charge in [0.25, 0.3) is 5.56 Å². The Morgan fingerprint density at radius 3 is 2.22 bits per heavy atom. The molecule has 0 fully saturated rings. The first-order valence-corrected chi connectivity index (χ1v) is 7.05. The summed E-state index contributed by atoms with van der Waals surface area (Å²) >= 11 is 3.36. The maximum absolute atomic E-state index is 12.0. The molecule has 2 rings (SSSR count). The molecule has 0 aliphatic rings. The fraction of sp³-hybridized carbons (Fsp3) is 0.133. The summed E-state index contributed by atoms with van der Waals surface area (Å²) in [5, 5.41) is 18.7. The zero-order valence-electron chi connectivity index (χ0n) is 12.2. The monoisotopic (exact) mass is 374 g/mol. The van der Waals surface area contributed by atoms with E-state index in [9.17, 15) is 15.3 Å². The van der Waals surface area contributed by atoms with Gasteiger partial charge in [-0.2, -0.15) is 10.5 Å². The van der Waals surface area contributed by atoms with Gasteiger partial charge < -0.3 is 20.2 Å². The summed E-state index contributed by atoms with van der Waals surface area (Å²) in [7, 11) is 2.94. The van der Waals surface area contributed by atoms with Gasteiger partial charge in [-0.15, -0.1) is 0 Å². The molecule has 8 heteroatoms. The number of H-pyrrole nitrogens is 1. The summed E-state index contributed by atoms with van der Waals surface area (Å²) in [4.78, 5) is 14.3. The van der Waals surface area contributed by atoms with Crippen LogP contribution in [-0.2, 0) is 0 Å². The van der Waals surface area contributed by atoms with Gasteiger partial charge in [0.05, 0.1) is 14.2 Å². The van der Waals surface area contributed by atoms with Gasteiger partial charge in [-0.25, -0.2) is 0 Å². The SMILES string of the molecule is COc1cc(Br)c(-c2c(C#N)c(N)[nH]c(=O)c2C#N)cc1OC. The highest BCUT2D eigenvalue weighted by Gasteiger charge is 2.21. The second-order valence-corrected chi connectivity index (χ2v) is 5.26. The van der Waals surface area contributed by atoms with Crippen LogP contribution in [0.1, 0.15) is 11.1 Å². The van der Waals surface area contributed by atoms with Crippen molar-refractivity contribution >= 4 is 21.7 Å². The van der Waals surface area contributed by atoms with Crippen molar-refractivity contribution in [3.8, 4) is 34.8 Å². The van der Waals surface area contributed by atoms with Crippen LogP contribution in [0.3, 0.4) is 0 Å². The quantitative estimate of drug-likeness (QED) is 0.847. The van der Waals surface area contributed by atoms with E-state index in [-0.39, 0.29) is 22.5 Å². The Morgan fingerprint density at radius 2 is 1.70 bits per heavy atom. The summed E-state index contributed by atoms with van der Waals surface area (Å²) in [6.07, 6.45) is 0. The van der Waals surface area contributed by atoms with Crippen LogP contribution in [-0.4, -0.2) is 19.2 Å². The number of nitrogens with two attached hydrogens (primary N) is 1. The van der Waals surface area contributed by atoms with Crippen molar-refractivity contribution in [3.63, 3.8) is 0 Å². The van der Waals surface area contributed by atoms with Gasteiger partial charge in [-0.1, -0.05) is 15.9 Å². The van der Waals surface area contributed by atoms with Gasteiger partial charge in [0.2, 0.25) is 0 Å². The zero-order valence-corrected chi connectivity index (χ0v) is 13.8. The predicted molar refractivity (Wildman–Crippen MR) is 87.1 cm³/mol. The number of methoxy groups -OCH3 is 2. The minimum absolute atomic E-state index is 0.00840. The number of aromatic amines is 1. The van der Waals surface area contributed by atoms with Gasteiger partial charge in [0, 0.05) is 15.6 Å². The second kappa shape index (κ2) is 6.42. The molecule has 7 nitrogen and oxygen atoms in total. The van der Waals surface area contributed by atoms with Crippen molar-refractivity contribution in [3.05, 3.63) is 38.1 Å². The van der Waals surface area contributed by atoms with Crippen LogP contribution in [0.15, 0.2) is 21.4 Å². The normalized spacial score (nSPS) is 9.78. The number of nitrogens with one attached hydrogen (secondary N) is 1. The van der Waals surface area contributed by atoms with E-state index < -0.39 is 5.56 Å². The van der Waals surface area contributed by atoms with E-state index in [1.54, 1.807) is 12.1 Å². The Kier molecular flexibility index (Phi) is 4.58. The number of halogens is 1. The lowest BCUT2D eigenvalue weighted by molar-refractivity contribution is 0.355. The molecule has 0 aliphatic carbocycles. The Balaban J connectivity index is 2.96. The molecule has 0 atom stereocenters. The van der Waals surface area contributed by atoms with Crippen molar-refractivity contribution in [1.29, 1.82) is 10.5 Å². The minimum Gasteiger partial charge on any atom is -0.493 e. The lowest BCUT2D eigenvalue weighted by Gasteiger charge is -2.14. The van der Waals surface area contributed by atoms with Gasteiger partial charge in [0.1, 0.15) is 29.1 Å². The molecular formula is C15H11BrN4O3. The van der Waals surface area contributed by atoms with E-state index in [4.69, 9.17) is 15.2 Å². The van der Waals surface area contributed by atoms with E-state index in [1.165, 1.54) is 14.2 Å². The van der Waals surface area contributed by atoms with Crippen LogP contribution in [0, 0.1) is 22.7 Å². The molecule has 2 aromatic rings. The van der Waals surface area contributed by atoms with Crippen LogP contribution >= 0.6 is 15.9 Å². The van der Waals surface area contributed by atoms with Crippen molar-refractivity contribution in [2.75, 3.05) is 20.0 Å². The Bertz CT molecular complexity index is 922. The molecular weight excluding hydrogens is 364 g/mol. The molecule has 116 valence electrons. The summed E-state index contributed by atoms with van der Waals surface area (Å²) in [5.74, 6) is 0.739. The van der Waals surface area contributed by atoms with E-state index >= 15 is 0 Å². The lowest BCUT2D eigenvalue weighted by atomic mass is 9.96. The fourth-order valence-electron chi connectivity index (χ4n) is 2.16. The molecule has 1 aromatic carbocycles. The summed E-state index contributed by atoms with van der Waals surface area (Å²) in [6.45, 7) is 0. The van der Waals surface area contributed by atoms with Gasteiger partial charge in [-0.05, 0) is 12.1 Å². The number of nitrogen functional groups attached to an aromatic ring is 1. The molecule has 0 saturated carbocycles. The van der Waals surface area contributed by atoms with Crippen molar-refractivity contribution in [2.45, 2.75) is 0 Å². The Morgan fingerprint density at radius 1 is 1.13 bits per heavy atom. The number of anilines is 1. The number of aromatic nitrogens is 1. The molecule has 3 N–H and O–H groups in total. The minimum atomic E-state index is -0.666. The molecule has 0 saturated heterocycles. The number of nitriles is 2. The molecule has 0 bridgehead atoms. The van der Waals surface area contributed by atoms with E-state index in [0.29, 0.717) is 21.5 Å². The first-order valence-electron chi connectivity index (χ1n) is 6.26. The third-order valence-electron chi connectivity index (χ3n) is 3.21. The molecule has 0 amide bonds. The number of nitrogens with zero attached hydrogens (tertiary/aromatic N) is 2. The van der Waals surface area contributed by atoms with Crippen LogP contribution < -0.4 is 20.8 Å². The molecule has 1 heterocycles. The molecule has 0 unspecified atom stereocenters. The highest BCUT2D eigenvalue weighted by Crippen LogP contribution is 2.40. The molecule has 23 heavy (non-hydrogen) atoms. The Hall–Kier alpha value is -2.97. The average molecular weight is 375 g/mol. The molecule has 0 spiro atoms. The van der Waals surface area contributed by atoms with Crippen molar-refractivity contribution in [2.24, 2.45) is 0 Å². The van der Waals surface area contributed by atoms with E-state index in [2.05, 4.69) is 20.9 Å². The fourth-order valence-corrected chi connectivity index (χ4v) is 2.68. The topological polar surface area (TPSA) is 125 Å². The van der Waals surface area contributed by atoms with Crippen LogP contribution in [0.4, 0.5) is 5.82 Å². The summed E-state index contributed by atoms with van der Waals surface area (Å²) in [5.41, 5.74) is 5.42. The number of rotatable bonds is 3. The number of hydrogen-bond donors (Lipinski definition) is 2. The van der Waals surface area contributed by atoms with Crippen molar-refractivity contribution in [1.82, 2.24) is 4.98 Å². The number of benzene rings is 1. The van der Waals surface area contributed by atoms with E-state index in [1.807, 2.05) is 12.1 Å².